The Bertz CT molecular complexity index is 479. The Hall–Kier alpha value is -0.450. The molecule has 0 amide bonds. The molecule has 0 aliphatic carbocycles. The van der Waals surface area contributed by atoms with Crippen molar-refractivity contribution in [2.75, 3.05) is 27.7 Å². The minimum Gasteiger partial charge on any atom is -0.373 e. The van der Waals surface area contributed by atoms with E-state index in [1.165, 1.54) is 32.1 Å². The van der Waals surface area contributed by atoms with Gasteiger partial charge < -0.3 is 19.4 Å². The molecular formula is C21H43NO4P+. The SMILES string of the molecule is CCCCCC/C=C\CCC/C=C\CCCC(O)(C[N+](C)(C)C)P(=O)(O)O. The van der Waals surface area contributed by atoms with Gasteiger partial charge in [0, 0.05) is 0 Å². The highest BCUT2D eigenvalue weighted by Crippen LogP contribution is 2.52. The molecule has 0 aliphatic rings. The van der Waals surface area contributed by atoms with Gasteiger partial charge in [-0.3, -0.25) is 4.57 Å². The van der Waals surface area contributed by atoms with Gasteiger partial charge in [-0.15, -0.1) is 0 Å². The third-order valence-corrected chi connectivity index (χ3v) is 5.97. The van der Waals surface area contributed by atoms with Crippen molar-refractivity contribution in [1.82, 2.24) is 0 Å². The molecule has 0 spiro atoms. The minimum absolute atomic E-state index is 0.0335. The van der Waals surface area contributed by atoms with Gasteiger partial charge >= 0.3 is 7.60 Å². The Morgan fingerprint density at radius 2 is 1.30 bits per heavy atom. The molecule has 5 nitrogen and oxygen atoms in total. The lowest BCUT2D eigenvalue weighted by Crippen LogP contribution is -2.49. The molecule has 0 fully saturated rings. The maximum Gasteiger partial charge on any atom is 0.362 e. The van der Waals surface area contributed by atoms with Crippen molar-refractivity contribution in [1.29, 1.82) is 0 Å². The number of unbranched alkanes of at least 4 members (excludes halogenated alkanes) is 7. The van der Waals surface area contributed by atoms with Crippen LogP contribution in [0.1, 0.15) is 77.6 Å². The highest BCUT2D eigenvalue weighted by molar-refractivity contribution is 7.53. The number of likely N-dealkylation sites (N-methyl/N-ethyl adjacent to an activating group) is 1. The van der Waals surface area contributed by atoms with Crippen molar-refractivity contribution >= 4 is 7.60 Å². The van der Waals surface area contributed by atoms with E-state index in [0.717, 1.165) is 25.7 Å². The molecule has 0 aromatic heterocycles. The third kappa shape index (κ3) is 14.2. The topological polar surface area (TPSA) is 77.8 Å². The molecule has 0 heterocycles. The summed E-state index contributed by atoms with van der Waals surface area (Å²) >= 11 is 0. The number of hydrogen-bond donors (Lipinski definition) is 3. The van der Waals surface area contributed by atoms with Crippen LogP contribution in [0.3, 0.4) is 0 Å². The zero-order chi connectivity index (χ0) is 20.8. The number of aliphatic hydroxyl groups is 1. The van der Waals surface area contributed by atoms with Crippen LogP contribution < -0.4 is 0 Å². The smallest absolute Gasteiger partial charge is 0.362 e. The van der Waals surface area contributed by atoms with E-state index in [1.54, 1.807) is 0 Å². The lowest BCUT2D eigenvalue weighted by Gasteiger charge is -2.35. The Morgan fingerprint density at radius 1 is 0.815 bits per heavy atom. The van der Waals surface area contributed by atoms with E-state index in [2.05, 4.69) is 31.2 Å². The van der Waals surface area contributed by atoms with Gasteiger partial charge in [-0.05, 0) is 51.4 Å². The summed E-state index contributed by atoms with van der Waals surface area (Å²) in [4.78, 5) is 19.1. The van der Waals surface area contributed by atoms with Gasteiger partial charge in [0.1, 0.15) is 6.54 Å². The summed E-state index contributed by atoms with van der Waals surface area (Å²) in [6, 6.07) is 0. The molecular weight excluding hydrogens is 361 g/mol. The molecule has 1 unspecified atom stereocenters. The standard InChI is InChI=1S/C21H42NO4P/c1-5-6-7-8-9-10-11-12-13-14-15-16-17-18-19-21(23,27(24,25)26)20-22(2,3)4/h10-11,15-16,23H,5-9,12-14,17-20H2,1-4H3,(H-,24,25,26)/p+1/b11-10-,16-15-. The van der Waals surface area contributed by atoms with Gasteiger partial charge in [-0.2, -0.15) is 0 Å². The van der Waals surface area contributed by atoms with Crippen LogP contribution in [0.2, 0.25) is 0 Å². The zero-order valence-electron chi connectivity index (χ0n) is 17.9. The van der Waals surface area contributed by atoms with Crippen LogP contribution in [0.15, 0.2) is 24.3 Å². The molecule has 0 saturated heterocycles. The van der Waals surface area contributed by atoms with Crippen LogP contribution in [0.5, 0.6) is 0 Å². The van der Waals surface area contributed by atoms with E-state index < -0.39 is 12.9 Å². The van der Waals surface area contributed by atoms with Crippen LogP contribution in [0, 0.1) is 0 Å². The summed E-state index contributed by atoms with van der Waals surface area (Å²) in [5.74, 6) is 0. The maximum atomic E-state index is 11.7. The first kappa shape index (κ1) is 26.6. The Labute approximate surface area is 166 Å². The van der Waals surface area contributed by atoms with E-state index in [9.17, 15) is 19.5 Å². The van der Waals surface area contributed by atoms with Crippen molar-refractivity contribution in [2.24, 2.45) is 0 Å². The van der Waals surface area contributed by atoms with E-state index in [4.69, 9.17) is 0 Å². The number of quaternary nitrogens is 1. The van der Waals surface area contributed by atoms with Crippen LogP contribution in [-0.2, 0) is 4.57 Å². The lowest BCUT2D eigenvalue weighted by atomic mass is 10.1. The summed E-state index contributed by atoms with van der Waals surface area (Å²) < 4.78 is 12.0. The Kier molecular flexibility index (Phi) is 13.5. The molecule has 0 aromatic rings. The molecule has 27 heavy (non-hydrogen) atoms. The maximum absolute atomic E-state index is 11.7. The van der Waals surface area contributed by atoms with E-state index >= 15 is 0 Å². The summed E-state index contributed by atoms with van der Waals surface area (Å²) in [5, 5.41) is 8.52. The second kappa shape index (κ2) is 13.7. The number of rotatable bonds is 16. The zero-order valence-corrected chi connectivity index (χ0v) is 18.8. The molecule has 0 rings (SSSR count). The average Bonchev–Trinajstić information content (AvgIpc) is 2.52. The second-order valence-corrected chi connectivity index (χ2v) is 10.5. The first-order valence-electron chi connectivity index (χ1n) is 10.4. The van der Waals surface area contributed by atoms with Crippen molar-refractivity contribution in [3.63, 3.8) is 0 Å². The van der Waals surface area contributed by atoms with Crippen LogP contribution in [0.4, 0.5) is 0 Å². The van der Waals surface area contributed by atoms with Crippen LogP contribution in [-0.4, -0.2) is 52.4 Å². The first-order valence-corrected chi connectivity index (χ1v) is 12.0. The molecule has 6 heteroatoms. The third-order valence-electron chi connectivity index (χ3n) is 4.52. The monoisotopic (exact) mass is 404 g/mol. The van der Waals surface area contributed by atoms with Crippen molar-refractivity contribution in [2.45, 2.75) is 82.9 Å². The number of hydrogen-bond acceptors (Lipinski definition) is 2. The van der Waals surface area contributed by atoms with Crippen LogP contribution >= 0.6 is 7.60 Å². The van der Waals surface area contributed by atoms with Gasteiger partial charge in [-0.1, -0.05) is 50.5 Å². The highest BCUT2D eigenvalue weighted by atomic mass is 31.2. The predicted octanol–water partition coefficient (Wildman–Crippen LogP) is 4.98. The fraction of sp³-hybridized carbons (Fsp3) is 0.810. The normalized spacial score (nSPS) is 15.7. The molecule has 0 radical (unpaired) electrons. The largest absolute Gasteiger partial charge is 0.373 e. The summed E-state index contributed by atoms with van der Waals surface area (Å²) in [7, 11) is 0.896. The lowest BCUT2D eigenvalue weighted by molar-refractivity contribution is -0.875. The van der Waals surface area contributed by atoms with E-state index in [0.29, 0.717) is 10.9 Å². The van der Waals surface area contributed by atoms with Crippen LogP contribution in [0.25, 0.3) is 0 Å². The summed E-state index contributed by atoms with van der Waals surface area (Å²) in [5.41, 5.74) is 0. The first-order chi connectivity index (χ1) is 12.5. The molecule has 160 valence electrons. The Morgan fingerprint density at radius 3 is 1.74 bits per heavy atom. The second-order valence-electron chi connectivity index (χ2n) is 8.59. The van der Waals surface area contributed by atoms with Gasteiger partial charge in [0.15, 0.2) is 0 Å². The fourth-order valence-electron chi connectivity index (χ4n) is 3.09. The Balaban J connectivity index is 3.95. The van der Waals surface area contributed by atoms with Gasteiger partial charge in [0.05, 0.1) is 21.1 Å². The molecule has 0 aromatic carbocycles. The predicted molar refractivity (Wildman–Crippen MR) is 115 cm³/mol. The van der Waals surface area contributed by atoms with E-state index in [-0.39, 0.29) is 13.0 Å². The van der Waals surface area contributed by atoms with Gasteiger partial charge in [0.25, 0.3) is 0 Å². The molecule has 0 saturated carbocycles. The summed E-state index contributed by atoms with van der Waals surface area (Å²) in [6.45, 7) is 2.26. The van der Waals surface area contributed by atoms with Crippen molar-refractivity contribution in [3.8, 4) is 0 Å². The summed E-state index contributed by atoms with van der Waals surface area (Å²) in [6.07, 6.45) is 19.8. The quantitative estimate of drug-likeness (QED) is 0.147. The van der Waals surface area contributed by atoms with E-state index in [1.807, 2.05) is 21.1 Å². The molecule has 0 bridgehead atoms. The van der Waals surface area contributed by atoms with Crippen molar-refractivity contribution < 1.29 is 23.9 Å². The number of allylic oxidation sites excluding steroid dienone is 4. The highest BCUT2D eigenvalue weighted by Gasteiger charge is 2.48. The average molecular weight is 405 g/mol. The molecule has 1 atom stereocenters. The van der Waals surface area contributed by atoms with Crippen molar-refractivity contribution in [3.05, 3.63) is 24.3 Å². The van der Waals surface area contributed by atoms with Gasteiger partial charge in [-0.25, -0.2) is 0 Å². The number of nitrogens with zero attached hydrogens (tertiary/aromatic N) is 1. The molecule has 0 aliphatic heterocycles. The molecule has 3 N–H and O–H groups in total. The fourth-order valence-corrected chi connectivity index (χ4v) is 4.15. The minimum atomic E-state index is -4.56. The van der Waals surface area contributed by atoms with Gasteiger partial charge in [0.2, 0.25) is 5.34 Å².